The second-order valence-corrected chi connectivity index (χ2v) is 10.3. The van der Waals surface area contributed by atoms with Crippen LogP contribution in [0, 0.1) is 5.82 Å². The molecule has 0 bridgehead atoms. The summed E-state index contributed by atoms with van der Waals surface area (Å²) in [4.78, 5) is 27.4. The number of nitrogens with one attached hydrogen (secondary N) is 1. The third-order valence-corrected chi connectivity index (χ3v) is 7.13. The quantitative estimate of drug-likeness (QED) is 0.220. The number of nitrogens with zero attached hydrogens (tertiary/aromatic N) is 1. The van der Waals surface area contributed by atoms with Gasteiger partial charge in [-0.05, 0) is 65.3 Å². The molecule has 0 heterocycles. The third kappa shape index (κ3) is 7.41. The Morgan fingerprint density at radius 1 is 0.917 bits per heavy atom. The molecule has 0 aliphatic carbocycles. The first-order valence-corrected chi connectivity index (χ1v) is 13.6. The van der Waals surface area contributed by atoms with Crippen LogP contribution in [0.3, 0.4) is 0 Å². The van der Waals surface area contributed by atoms with Crippen LogP contribution in [0.2, 0.25) is 0 Å². The zero-order chi connectivity index (χ0) is 36.6. The SMILES string of the molecule is CCN(C(=O)c1ccc(F)c(C(F)(F)F)c1)c1cccc(C(=O)Nc2c(Br)cc(C(F)(C(F)(F)F)C(F)(F)F)cc2OC(F)F)c1OC. The Kier molecular flexibility index (Phi) is 10.9. The first-order chi connectivity index (χ1) is 22.0. The van der Waals surface area contributed by atoms with Gasteiger partial charge < -0.3 is 19.7 Å². The topological polar surface area (TPSA) is 67.9 Å². The van der Waals surface area contributed by atoms with Crippen molar-refractivity contribution in [2.45, 2.75) is 37.7 Å². The minimum Gasteiger partial charge on any atom is -0.494 e. The van der Waals surface area contributed by atoms with Gasteiger partial charge >= 0.3 is 30.8 Å². The van der Waals surface area contributed by atoms with E-state index in [0.29, 0.717) is 6.07 Å². The second-order valence-electron chi connectivity index (χ2n) is 9.42. The second kappa shape index (κ2) is 13.7. The van der Waals surface area contributed by atoms with E-state index in [-0.39, 0.29) is 30.4 Å². The fraction of sp³-hybridized carbons (Fsp3) is 0.286. The maximum atomic E-state index is 14.7. The highest BCUT2D eigenvalue weighted by Gasteiger charge is 2.73. The van der Waals surface area contributed by atoms with Crippen molar-refractivity contribution >= 4 is 39.1 Å². The number of methoxy groups -OCH3 is 1. The van der Waals surface area contributed by atoms with E-state index in [1.807, 2.05) is 5.32 Å². The summed E-state index contributed by atoms with van der Waals surface area (Å²) < 4.78 is 183. The molecule has 0 saturated carbocycles. The summed E-state index contributed by atoms with van der Waals surface area (Å²) in [6, 6.07) is 4.29. The average molecular weight is 773 g/mol. The predicted molar refractivity (Wildman–Crippen MR) is 145 cm³/mol. The number of benzene rings is 3. The van der Waals surface area contributed by atoms with Crippen LogP contribution in [0.1, 0.15) is 38.8 Å². The van der Waals surface area contributed by atoms with Gasteiger partial charge in [0.15, 0.2) is 11.5 Å². The molecule has 1 N–H and O–H groups in total. The fourth-order valence-corrected chi connectivity index (χ4v) is 4.89. The van der Waals surface area contributed by atoms with Crippen LogP contribution in [0.5, 0.6) is 11.5 Å². The van der Waals surface area contributed by atoms with Crippen LogP contribution in [0.4, 0.5) is 68.5 Å². The number of ether oxygens (including phenoxy) is 2. The predicted octanol–water partition coefficient (Wildman–Crippen LogP) is 9.43. The van der Waals surface area contributed by atoms with Crippen molar-refractivity contribution in [3.8, 4) is 11.5 Å². The maximum Gasteiger partial charge on any atom is 0.435 e. The zero-order valence-corrected chi connectivity index (χ0v) is 25.4. The Labute approximate surface area is 269 Å². The van der Waals surface area contributed by atoms with Gasteiger partial charge in [-0.15, -0.1) is 0 Å². The number of para-hydroxylation sites is 1. The summed E-state index contributed by atoms with van der Waals surface area (Å²) in [6.45, 7) is -2.83. The van der Waals surface area contributed by atoms with E-state index in [4.69, 9.17) is 4.74 Å². The van der Waals surface area contributed by atoms with Crippen LogP contribution in [-0.4, -0.2) is 44.4 Å². The summed E-state index contributed by atoms with van der Waals surface area (Å²) in [7, 11) is 0.971. The molecule has 0 aromatic heterocycles. The van der Waals surface area contributed by atoms with Crippen LogP contribution >= 0.6 is 15.9 Å². The molecule has 3 rings (SSSR count). The Morgan fingerprint density at radius 2 is 1.52 bits per heavy atom. The number of halogens is 14. The lowest BCUT2D eigenvalue weighted by Crippen LogP contribution is -2.50. The molecule has 0 unspecified atom stereocenters. The van der Waals surface area contributed by atoms with E-state index < -0.39 is 92.4 Å². The molecule has 0 fully saturated rings. The Morgan fingerprint density at radius 3 is 2.02 bits per heavy atom. The number of hydrogen-bond acceptors (Lipinski definition) is 4. The molecule has 3 aromatic rings. The van der Waals surface area contributed by atoms with Gasteiger partial charge in [0, 0.05) is 22.1 Å². The molecule has 0 atom stereocenters. The maximum absolute atomic E-state index is 14.7. The summed E-state index contributed by atoms with van der Waals surface area (Å²) in [6.07, 6.45) is -18.4. The lowest BCUT2D eigenvalue weighted by Gasteiger charge is -2.31. The van der Waals surface area contributed by atoms with Crippen molar-refractivity contribution in [2.24, 2.45) is 0 Å². The summed E-state index contributed by atoms with van der Waals surface area (Å²) in [5, 5.41) is 1.93. The smallest absolute Gasteiger partial charge is 0.435 e. The van der Waals surface area contributed by atoms with Gasteiger partial charge in [-0.3, -0.25) is 9.59 Å². The van der Waals surface area contributed by atoms with Gasteiger partial charge in [0.2, 0.25) is 0 Å². The number of amides is 2. The molecule has 3 aromatic carbocycles. The molecule has 48 heavy (non-hydrogen) atoms. The number of carbonyl (C=O) groups excluding carboxylic acids is 2. The highest BCUT2D eigenvalue weighted by Crippen LogP contribution is 2.55. The minimum atomic E-state index is -6.63. The number of hydrogen-bond donors (Lipinski definition) is 1. The summed E-state index contributed by atoms with van der Waals surface area (Å²) in [5.74, 6) is -6.17. The molecule has 6 nitrogen and oxygen atoms in total. The molecular weight excluding hydrogens is 755 g/mol. The fourth-order valence-electron chi connectivity index (χ4n) is 4.34. The molecule has 0 saturated heterocycles. The van der Waals surface area contributed by atoms with Crippen molar-refractivity contribution in [2.75, 3.05) is 23.9 Å². The molecule has 2 amide bonds. The zero-order valence-electron chi connectivity index (χ0n) is 23.8. The molecule has 0 radical (unpaired) electrons. The Bertz CT molecular complexity index is 1680. The van der Waals surface area contributed by atoms with Gasteiger partial charge in [0.05, 0.1) is 29.6 Å². The Balaban J connectivity index is 2.12. The van der Waals surface area contributed by atoms with Crippen molar-refractivity contribution < 1.29 is 76.1 Å². The standard InChI is InChI=1S/C28H18BrF13N2O4/c1-3-44(23(46)12-7-8-17(30)15(9-12)26(34,35)36)18-6-4-5-14(21(18)47-2)22(45)43-20-16(29)10-13(11-19(20)48-24(31)32)25(33,27(37,38)39)28(40,41)42/h4-11,24H,3H2,1-2H3,(H,43,45). The van der Waals surface area contributed by atoms with Crippen LogP contribution in [-0.2, 0) is 11.8 Å². The number of carbonyl (C=O) groups is 2. The molecule has 20 heteroatoms. The number of alkyl halides is 12. The van der Waals surface area contributed by atoms with E-state index in [9.17, 15) is 66.7 Å². The van der Waals surface area contributed by atoms with Gasteiger partial charge in [0.1, 0.15) is 5.82 Å². The monoisotopic (exact) mass is 772 g/mol. The van der Waals surface area contributed by atoms with Crippen molar-refractivity contribution in [1.82, 2.24) is 0 Å². The van der Waals surface area contributed by atoms with Crippen LogP contribution in [0.15, 0.2) is 53.0 Å². The third-order valence-electron chi connectivity index (χ3n) is 6.50. The summed E-state index contributed by atoms with van der Waals surface area (Å²) >= 11 is 2.54. The number of rotatable bonds is 9. The highest BCUT2D eigenvalue weighted by molar-refractivity contribution is 9.10. The lowest BCUT2D eigenvalue weighted by atomic mass is 9.93. The molecule has 0 spiro atoms. The van der Waals surface area contributed by atoms with Crippen molar-refractivity contribution in [3.63, 3.8) is 0 Å². The van der Waals surface area contributed by atoms with E-state index >= 15 is 0 Å². The lowest BCUT2D eigenvalue weighted by molar-refractivity contribution is -0.348. The van der Waals surface area contributed by atoms with Gasteiger partial charge in [0.25, 0.3) is 11.8 Å². The highest BCUT2D eigenvalue weighted by atomic mass is 79.9. The van der Waals surface area contributed by atoms with Crippen LogP contribution < -0.4 is 19.7 Å². The average Bonchev–Trinajstić information content (AvgIpc) is 2.96. The minimum absolute atomic E-state index is 0.0715. The van der Waals surface area contributed by atoms with E-state index in [2.05, 4.69) is 20.7 Å². The van der Waals surface area contributed by atoms with Crippen molar-refractivity contribution in [1.29, 1.82) is 0 Å². The largest absolute Gasteiger partial charge is 0.494 e. The molecule has 0 aliphatic rings. The molecule has 262 valence electrons. The first kappa shape index (κ1) is 38.2. The molecule has 0 aliphatic heterocycles. The van der Waals surface area contributed by atoms with E-state index in [1.165, 1.54) is 6.92 Å². The van der Waals surface area contributed by atoms with Gasteiger partial charge in [-0.25, -0.2) is 8.78 Å². The van der Waals surface area contributed by atoms with E-state index in [1.54, 1.807) is 0 Å². The summed E-state index contributed by atoms with van der Waals surface area (Å²) in [5.41, 5.74) is -12.5. The van der Waals surface area contributed by atoms with Crippen LogP contribution in [0.25, 0.3) is 0 Å². The number of anilines is 2. The molecular formula is C28H18BrF13N2O4. The van der Waals surface area contributed by atoms with Crippen molar-refractivity contribution in [3.05, 3.63) is 81.1 Å². The van der Waals surface area contributed by atoms with Gasteiger partial charge in [-0.2, -0.15) is 48.3 Å². The normalized spacial score (nSPS) is 12.6. The van der Waals surface area contributed by atoms with Gasteiger partial charge in [-0.1, -0.05) is 6.07 Å². The van der Waals surface area contributed by atoms with E-state index in [0.717, 1.165) is 36.3 Å². The Hall–Kier alpha value is -4.23. The first-order valence-electron chi connectivity index (χ1n) is 12.8.